The van der Waals surface area contributed by atoms with Crippen molar-refractivity contribution in [2.45, 2.75) is 52.3 Å². The van der Waals surface area contributed by atoms with Crippen molar-refractivity contribution in [3.05, 3.63) is 72.3 Å². The van der Waals surface area contributed by atoms with Gasteiger partial charge in [-0.25, -0.2) is 4.79 Å². The zero-order chi connectivity index (χ0) is 28.7. The lowest BCUT2D eigenvalue weighted by Crippen LogP contribution is -2.55. The van der Waals surface area contributed by atoms with Gasteiger partial charge in [0.2, 0.25) is 5.91 Å². The predicted molar refractivity (Wildman–Crippen MR) is 150 cm³/mol. The summed E-state index contributed by atoms with van der Waals surface area (Å²) in [6, 6.07) is 17.0. The molecule has 39 heavy (non-hydrogen) atoms. The van der Waals surface area contributed by atoms with Gasteiger partial charge in [-0.2, -0.15) is 0 Å². The quantitative estimate of drug-likeness (QED) is 0.317. The van der Waals surface area contributed by atoms with E-state index in [1.54, 1.807) is 52.8 Å². The molecule has 0 fully saturated rings. The van der Waals surface area contributed by atoms with E-state index in [4.69, 9.17) is 4.74 Å². The number of anilines is 1. The van der Waals surface area contributed by atoms with Crippen LogP contribution in [0, 0.1) is 5.92 Å². The Labute approximate surface area is 228 Å². The Hall–Kier alpha value is -4.11. The number of carbonyl (C=O) groups excluding carboxylic acids is 3. The van der Waals surface area contributed by atoms with Gasteiger partial charge in [-0.15, -0.1) is 0 Å². The predicted octanol–water partition coefficient (Wildman–Crippen LogP) is 4.60. The number of carbonyl (C=O) groups is 3. The summed E-state index contributed by atoms with van der Waals surface area (Å²) in [5.74, 6) is -1.43. The number of benzene rings is 3. The zero-order valence-electron chi connectivity index (χ0n) is 23.0. The van der Waals surface area contributed by atoms with Gasteiger partial charge in [-0.3, -0.25) is 9.59 Å². The molecular weight excluding hydrogens is 498 g/mol. The number of hydrogen-bond acceptors (Lipinski definition) is 6. The maximum absolute atomic E-state index is 13.9. The molecule has 3 aromatic rings. The number of hydrogen-bond donors (Lipinski definition) is 4. The lowest BCUT2D eigenvalue weighted by atomic mass is 9.98. The Kier molecular flexibility index (Phi) is 9.53. The first-order valence-corrected chi connectivity index (χ1v) is 12.9. The number of aliphatic hydroxyl groups is 1. The van der Waals surface area contributed by atoms with E-state index in [-0.39, 0.29) is 18.2 Å². The lowest BCUT2D eigenvalue weighted by Gasteiger charge is -2.35. The van der Waals surface area contributed by atoms with Crippen LogP contribution in [-0.2, 0) is 14.3 Å². The van der Waals surface area contributed by atoms with Crippen LogP contribution >= 0.6 is 0 Å². The maximum atomic E-state index is 13.9. The Bertz CT molecular complexity index is 1300. The minimum Gasteiger partial charge on any atom is -0.508 e. The summed E-state index contributed by atoms with van der Waals surface area (Å²) in [5, 5.41) is 27.2. The van der Waals surface area contributed by atoms with E-state index in [2.05, 4.69) is 10.6 Å². The van der Waals surface area contributed by atoms with E-state index in [9.17, 15) is 24.6 Å². The van der Waals surface area contributed by atoms with Gasteiger partial charge in [-0.05, 0) is 67.3 Å². The van der Waals surface area contributed by atoms with E-state index >= 15 is 0 Å². The molecule has 2 unspecified atom stereocenters. The van der Waals surface area contributed by atoms with Crippen molar-refractivity contribution in [1.82, 2.24) is 10.2 Å². The molecular formula is C30H37N3O6. The molecule has 3 aromatic carbocycles. The van der Waals surface area contributed by atoms with Gasteiger partial charge in [0.05, 0.1) is 6.61 Å². The molecule has 0 aromatic heterocycles. The van der Waals surface area contributed by atoms with Gasteiger partial charge < -0.3 is 30.5 Å². The number of nitrogens with zero attached hydrogens (tertiary/aromatic N) is 1. The number of phenolic OH excluding ortho intramolecular Hbond substituents is 1. The number of ether oxygens (including phenoxy) is 1. The number of fused-ring (bicyclic) bond motifs is 1. The summed E-state index contributed by atoms with van der Waals surface area (Å²) < 4.78 is 5.35. The van der Waals surface area contributed by atoms with Gasteiger partial charge in [-0.1, -0.05) is 56.3 Å². The van der Waals surface area contributed by atoms with Crippen LogP contribution in [0.3, 0.4) is 0 Å². The molecule has 4 N–H and O–H groups in total. The lowest BCUT2D eigenvalue weighted by molar-refractivity contribution is -0.142. The Morgan fingerprint density at radius 1 is 0.949 bits per heavy atom. The largest absolute Gasteiger partial charge is 0.508 e. The molecule has 0 aliphatic carbocycles. The monoisotopic (exact) mass is 535 g/mol. The van der Waals surface area contributed by atoms with Crippen molar-refractivity contribution >= 4 is 34.4 Å². The Balaban J connectivity index is 1.98. The number of aliphatic hydroxyl groups excluding tert-OH is 1. The smallest absolute Gasteiger partial charge is 0.408 e. The van der Waals surface area contributed by atoms with Crippen molar-refractivity contribution < 1.29 is 29.3 Å². The van der Waals surface area contributed by atoms with Gasteiger partial charge in [0.1, 0.15) is 23.4 Å². The third kappa shape index (κ3) is 7.94. The van der Waals surface area contributed by atoms with Crippen LogP contribution in [0.25, 0.3) is 10.8 Å². The second kappa shape index (κ2) is 12.6. The van der Waals surface area contributed by atoms with Gasteiger partial charge in [0.25, 0.3) is 5.91 Å². The van der Waals surface area contributed by atoms with Gasteiger partial charge in [0.15, 0.2) is 0 Å². The number of nitrogens with one attached hydrogen (secondary N) is 2. The molecule has 9 nitrogen and oxygen atoms in total. The van der Waals surface area contributed by atoms with Crippen LogP contribution in [0.5, 0.6) is 5.75 Å². The molecule has 2 atom stereocenters. The first kappa shape index (κ1) is 29.4. The molecule has 0 aliphatic rings. The summed E-state index contributed by atoms with van der Waals surface area (Å²) in [4.78, 5) is 41.5. The van der Waals surface area contributed by atoms with Crippen molar-refractivity contribution in [2.24, 2.45) is 5.92 Å². The Morgan fingerprint density at radius 2 is 1.59 bits per heavy atom. The van der Waals surface area contributed by atoms with Crippen molar-refractivity contribution in [1.29, 1.82) is 0 Å². The Morgan fingerprint density at radius 3 is 2.18 bits per heavy atom. The van der Waals surface area contributed by atoms with Crippen LogP contribution in [0.4, 0.5) is 10.5 Å². The summed E-state index contributed by atoms with van der Waals surface area (Å²) in [6.07, 6.45) is -0.764. The van der Waals surface area contributed by atoms with E-state index < -0.39 is 42.2 Å². The summed E-state index contributed by atoms with van der Waals surface area (Å²) in [5.41, 5.74) is 0.187. The average molecular weight is 536 g/mol. The van der Waals surface area contributed by atoms with Gasteiger partial charge in [0, 0.05) is 12.2 Å². The number of alkyl carbamates (subject to hydrolysis) is 1. The maximum Gasteiger partial charge on any atom is 0.408 e. The zero-order valence-corrected chi connectivity index (χ0v) is 23.0. The molecule has 208 valence electrons. The highest BCUT2D eigenvalue weighted by Crippen LogP contribution is 2.27. The second-order valence-corrected chi connectivity index (χ2v) is 10.7. The SMILES string of the molecule is CC(C)C(NC(=O)OC(C)(C)C)C(=O)N(CCO)C(C(=O)Nc1ccc2ccccc2c1)c1ccc(O)cc1. The van der Waals surface area contributed by atoms with Crippen molar-refractivity contribution in [3.8, 4) is 5.75 Å². The second-order valence-electron chi connectivity index (χ2n) is 10.7. The fourth-order valence-corrected chi connectivity index (χ4v) is 4.21. The third-order valence-electron chi connectivity index (χ3n) is 6.01. The van der Waals surface area contributed by atoms with Crippen LogP contribution in [-0.4, -0.2) is 57.8 Å². The fourth-order valence-electron chi connectivity index (χ4n) is 4.21. The fraction of sp³-hybridized carbons (Fsp3) is 0.367. The number of rotatable bonds is 9. The van der Waals surface area contributed by atoms with Gasteiger partial charge >= 0.3 is 6.09 Å². The highest BCUT2D eigenvalue weighted by Gasteiger charge is 2.37. The summed E-state index contributed by atoms with van der Waals surface area (Å²) >= 11 is 0. The standard InChI is InChI=1S/C30H37N3O6/c1-19(2)25(32-29(38)39-30(3,4)5)28(37)33(16-17-34)26(21-11-14-24(35)15-12-21)27(36)31-23-13-10-20-8-6-7-9-22(20)18-23/h6-15,18-19,25-26,34-35H,16-17H2,1-5H3,(H,31,36)(H,32,38). The van der Waals surface area contributed by atoms with E-state index in [1.165, 1.54) is 17.0 Å². The number of amides is 3. The van der Waals surface area contributed by atoms with E-state index in [0.29, 0.717) is 11.3 Å². The molecule has 0 saturated heterocycles. The summed E-state index contributed by atoms with van der Waals surface area (Å²) in [7, 11) is 0. The molecule has 0 bridgehead atoms. The van der Waals surface area contributed by atoms with Crippen LogP contribution in [0.15, 0.2) is 66.7 Å². The molecule has 0 saturated carbocycles. The highest BCUT2D eigenvalue weighted by molar-refractivity contribution is 6.00. The topological polar surface area (TPSA) is 128 Å². The number of phenols is 1. The molecule has 0 spiro atoms. The summed E-state index contributed by atoms with van der Waals surface area (Å²) in [6.45, 7) is 8.09. The normalized spacial score (nSPS) is 13.0. The highest BCUT2D eigenvalue weighted by atomic mass is 16.6. The first-order chi connectivity index (χ1) is 18.4. The minimum absolute atomic E-state index is 0.000814. The van der Waals surface area contributed by atoms with Crippen LogP contribution < -0.4 is 10.6 Å². The average Bonchev–Trinajstić information content (AvgIpc) is 2.86. The van der Waals surface area contributed by atoms with Crippen molar-refractivity contribution in [3.63, 3.8) is 0 Å². The molecule has 3 rings (SSSR count). The first-order valence-electron chi connectivity index (χ1n) is 12.9. The van der Waals surface area contributed by atoms with Crippen molar-refractivity contribution in [2.75, 3.05) is 18.5 Å². The molecule has 0 radical (unpaired) electrons. The van der Waals surface area contributed by atoms with Crippen LogP contribution in [0.1, 0.15) is 46.2 Å². The minimum atomic E-state index is -1.17. The molecule has 0 aliphatic heterocycles. The number of aromatic hydroxyl groups is 1. The molecule has 3 amide bonds. The third-order valence-corrected chi connectivity index (χ3v) is 6.01. The molecule has 9 heteroatoms. The van der Waals surface area contributed by atoms with Crippen LogP contribution in [0.2, 0.25) is 0 Å². The molecule has 0 heterocycles. The van der Waals surface area contributed by atoms with E-state index in [1.807, 2.05) is 36.4 Å². The van der Waals surface area contributed by atoms with E-state index in [0.717, 1.165) is 10.8 Å².